The van der Waals surface area contributed by atoms with Gasteiger partial charge in [-0.15, -0.1) is 0 Å². The molecule has 0 atom stereocenters. The lowest BCUT2D eigenvalue weighted by molar-refractivity contribution is -0.120. The summed E-state index contributed by atoms with van der Waals surface area (Å²) in [6, 6.07) is 10.4. The zero-order valence-electron chi connectivity index (χ0n) is 13.2. The van der Waals surface area contributed by atoms with Crippen LogP contribution in [0, 0.1) is 0 Å². The summed E-state index contributed by atoms with van der Waals surface area (Å²) < 4.78 is 0. The van der Waals surface area contributed by atoms with Gasteiger partial charge in [0.15, 0.2) is 0 Å². The van der Waals surface area contributed by atoms with Crippen molar-refractivity contribution in [3.8, 4) is 0 Å². The molecule has 0 radical (unpaired) electrons. The lowest BCUT2D eigenvalue weighted by Crippen LogP contribution is -2.31. The molecule has 0 fully saturated rings. The molecule has 3 amide bonds. The summed E-state index contributed by atoms with van der Waals surface area (Å²) in [7, 11) is 0. The Bertz CT molecular complexity index is 654. The first-order valence-electron chi connectivity index (χ1n) is 7.39. The van der Waals surface area contributed by atoms with Gasteiger partial charge in [0.1, 0.15) is 0 Å². The molecule has 0 aliphatic carbocycles. The Hall–Kier alpha value is -2.89. The molecular weight excluding hydrogens is 292 g/mol. The van der Waals surface area contributed by atoms with Crippen molar-refractivity contribution in [2.45, 2.75) is 26.3 Å². The molecule has 2 rings (SSSR count). The van der Waals surface area contributed by atoms with Gasteiger partial charge in [-0.2, -0.15) is 0 Å². The molecule has 0 bridgehead atoms. The number of pyridine rings is 1. The smallest absolute Gasteiger partial charge is 0.323 e. The van der Waals surface area contributed by atoms with Gasteiger partial charge in [-0.3, -0.25) is 9.78 Å². The van der Waals surface area contributed by atoms with Crippen LogP contribution in [0.25, 0.3) is 0 Å². The molecule has 6 heteroatoms. The van der Waals surface area contributed by atoms with Gasteiger partial charge in [-0.1, -0.05) is 12.1 Å². The third-order valence-corrected chi connectivity index (χ3v) is 2.96. The van der Waals surface area contributed by atoms with E-state index in [1.807, 2.05) is 26.0 Å². The van der Waals surface area contributed by atoms with Crippen LogP contribution in [0.4, 0.5) is 16.2 Å². The van der Waals surface area contributed by atoms with E-state index in [2.05, 4.69) is 20.9 Å². The van der Waals surface area contributed by atoms with Gasteiger partial charge in [-0.25, -0.2) is 4.79 Å². The van der Waals surface area contributed by atoms with E-state index in [1.165, 1.54) is 0 Å². The first-order valence-corrected chi connectivity index (χ1v) is 7.39. The van der Waals surface area contributed by atoms with Crippen LogP contribution in [0.5, 0.6) is 0 Å². The maximum Gasteiger partial charge on any atom is 0.323 e. The van der Waals surface area contributed by atoms with Crippen LogP contribution in [-0.4, -0.2) is 23.0 Å². The largest absolute Gasteiger partial charge is 0.354 e. The van der Waals surface area contributed by atoms with Crippen molar-refractivity contribution in [3.63, 3.8) is 0 Å². The van der Waals surface area contributed by atoms with Gasteiger partial charge in [0.2, 0.25) is 5.91 Å². The molecular formula is C17H20N4O2. The van der Waals surface area contributed by atoms with Gasteiger partial charge in [0, 0.05) is 29.8 Å². The molecule has 1 heterocycles. The van der Waals surface area contributed by atoms with E-state index >= 15 is 0 Å². The van der Waals surface area contributed by atoms with E-state index in [0.29, 0.717) is 17.8 Å². The maximum absolute atomic E-state index is 11.9. The second-order valence-corrected chi connectivity index (χ2v) is 5.41. The second-order valence-electron chi connectivity index (χ2n) is 5.41. The number of urea groups is 1. The molecule has 0 unspecified atom stereocenters. The van der Waals surface area contributed by atoms with E-state index in [-0.39, 0.29) is 18.0 Å². The van der Waals surface area contributed by atoms with Crippen molar-refractivity contribution in [3.05, 3.63) is 54.4 Å². The molecule has 1 aromatic heterocycles. The number of hydrogen-bond acceptors (Lipinski definition) is 3. The van der Waals surface area contributed by atoms with Crippen LogP contribution >= 0.6 is 0 Å². The molecule has 0 aliphatic rings. The van der Waals surface area contributed by atoms with Gasteiger partial charge in [-0.05, 0) is 43.7 Å². The summed E-state index contributed by atoms with van der Waals surface area (Å²) in [5, 5.41) is 8.28. The third-order valence-electron chi connectivity index (χ3n) is 2.96. The van der Waals surface area contributed by atoms with Gasteiger partial charge < -0.3 is 16.0 Å². The number of aromatic nitrogens is 1. The van der Waals surface area contributed by atoms with E-state index in [1.54, 1.807) is 36.7 Å². The minimum Gasteiger partial charge on any atom is -0.354 e. The standard InChI is InChI=1S/C17H20N4O2/c1-12(2)19-16(22)11-13-3-5-14(6-4-13)20-17(23)21-15-7-9-18-10-8-15/h3-10,12H,11H2,1-2H3,(H,19,22)(H2,18,20,21,23). The number of hydrogen-bond donors (Lipinski definition) is 3. The first kappa shape index (κ1) is 16.5. The predicted octanol–water partition coefficient (Wildman–Crippen LogP) is 2.79. The Morgan fingerprint density at radius 2 is 1.52 bits per heavy atom. The highest BCUT2D eigenvalue weighted by Gasteiger charge is 2.06. The van der Waals surface area contributed by atoms with Gasteiger partial charge >= 0.3 is 6.03 Å². The van der Waals surface area contributed by atoms with Crippen molar-refractivity contribution in [1.82, 2.24) is 10.3 Å². The van der Waals surface area contributed by atoms with E-state index in [4.69, 9.17) is 0 Å². The fourth-order valence-corrected chi connectivity index (χ4v) is 1.99. The van der Waals surface area contributed by atoms with Crippen molar-refractivity contribution in [1.29, 1.82) is 0 Å². The summed E-state index contributed by atoms with van der Waals surface area (Å²) in [5.74, 6) is -0.0175. The minimum atomic E-state index is -0.332. The first-order chi connectivity index (χ1) is 11.0. The van der Waals surface area contributed by atoms with Crippen LogP contribution in [0.1, 0.15) is 19.4 Å². The Kier molecular flexibility index (Phi) is 5.68. The Labute approximate surface area is 135 Å². The molecule has 23 heavy (non-hydrogen) atoms. The predicted molar refractivity (Wildman–Crippen MR) is 90.3 cm³/mol. The highest BCUT2D eigenvalue weighted by Crippen LogP contribution is 2.11. The average molecular weight is 312 g/mol. The molecule has 6 nitrogen and oxygen atoms in total. The van der Waals surface area contributed by atoms with Crippen molar-refractivity contribution >= 4 is 23.3 Å². The summed E-state index contributed by atoms with van der Waals surface area (Å²) in [6.45, 7) is 3.85. The summed E-state index contributed by atoms with van der Waals surface area (Å²) in [4.78, 5) is 27.4. The van der Waals surface area contributed by atoms with Crippen LogP contribution in [-0.2, 0) is 11.2 Å². The number of rotatable bonds is 5. The lowest BCUT2D eigenvalue weighted by atomic mass is 10.1. The molecule has 0 spiro atoms. The quantitative estimate of drug-likeness (QED) is 0.794. The van der Waals surface area contributed by atoms with Crippen molar-refractivity contribution in [2.75, 3.05) is 10.6 Å². The number of anilines is 2. The second kappa shape index (κ2) is 7.93. The normalized spacial score (nSPS) is 10.2. The van der Waals surface area contributed by atoms with Crippen LogP contribution < -0.4 is 16.0 Å². The molecule has 3 N–H and O–H groups in total. The molecule has 0 saturated heterocycles. The number of nitrogens with one attached hydrogen (secondary N) is 3. The third kappa shape index (κ3) is 5.78. The fourth-order valence-electron chi connectivity index (χ4n) is 1.99. The SMILES string of the molecule is CC(C)NC(=O)Cc1ccc(NC(=O)Nc2ccncc2)cc1. The van der Waals surface area contributed by atoms with Gasteiger partial charge in [0.05, 0.1) is 6.42 Å². The monoisotopic (exact) mass is 312 g/mol. The van der Waals surface area contributed by atoms with Crippen LogP contribution in [0.15, 0.2) is 48.8 Å². The maximum atomic E-state index is 11.9. The highest BCUT2D eigenvalue weighted by atomic mass is 16.2. The number of amides is 3. The van der Waals surface area contributed by atoms with E-state index in [9.17, 15) is 9.59 Å². The summed E-state index contributed by atoms with van der Waals surface area (Å²) >= 11 is 0. The zero-order chi connectivity index (χ0) is 16.7. The summed E-state index contributed by atoms with van der Waals surface area (Å²) in [5.41, 5.74) is 2.22. The Morgan fingerprint density at radius 1 is 0.957 bits per heavy atom. The Balaban J connectivity index is 1.87. The molecule has 0 saturated carbocycles. The molecule has 1 aromatic carbocycles. The highest BCUT2D eigenvalue weighted by molar-refractivity contribution is 5.99. The van der Waals surface area contributed by atoms with E-state index < -0.39 is 0 Å². The van der Waals surface area contributed by atoms with Crippen molar-refractivity contribution < 1.29 is 9.59 Å². The number of nitrogens with zero attached hydrogens (tertiary/aromatic N) is 1. The van der Waals surface area contributed by atoms with Crippen molar-refractivity contribution in [2.24, 2.45) is 0 Å². The van der Waals surface area contributed by atoms with Crippen LogP contribution in [0.2, 0.25) is 0 Å². The molecule has 0 aliphatic heterocycles. The number of benzene rings is 1. The number of carbonyl (C=O) groups excluding carboxylic acids is 2. The Morgan fingerprint density at radius 3 is 2.09 bits per heavy atom. The number of carbonyl (C=O) groups is 2. The summed E-state index contributed by atoms with van der Waals surface area (Å²) in [6.07, 6.45) is 3.53. The zero-order valence-corrected chi connectivity index (χ0v) is 13.2. The lowest BCUT2D eigenvalue weighted by Gasteiger charge is -2.10. The van der Waals surface area contributed by atoms with Gasteiger partial charge in [0.25, 0.3) is 0 Å². The minimum absolute atomic E-state index is 0.0175. The average Bonchev–Trinajstić information content (AvgIpc) is 2.49. The van der Waals surface area contributed by atoms with Crippen LogP contribution in [0.3, 0.4) is 0 Å². The molecule has 2 aromatic rings. The fraction of sp³-hybridized carbons (Fsp3) is 0.235. The van der Waals surface area contributed by atoms with E-state index in [0.717, 1.165) is 5.56 Å². The topological polar surface area (TPSA) is 83.1 Å². The molecule has 120 valence electrons.